The van der Waals surface area contributed by atoms with Crippen LogP contribution in [0.15, 0.2) is 0 Å². The maximum Gasteiger partial charge on any atom is 0.409 e. The van der Waals surface area contributed by atoms with E-state index in [4.69, 9.17) is 15.6 Å². The first-order valence-corrected chi connectivity index (χ1v) is 6.19. The van der Waals surface area contributed by atoms with Gasteiger partial charge < -0.3 is 20.5 Å². The van der Waals surface area contributed by atoms with Gasteiger partial charge in [0.05, 0.1) is 13.2 Å². The molecule has 18 heavy (non-hydrogen) atoms. The third kappa shape index (κ3) is 5.33. The van der Waals surface area contributed by atoms with E-state index in [9.17, 15) is 9.59 Å². The van der Waals surface area contributed by atoms with Crippen molar-refractivity contribution in [2.75, 3.05) is 45.9 Å². The summed E-state index contributed by atoms with van der Waals surface area (Å²) in [6.45, 7) is 3.20. The molecule has 0 radical (unpaired) electrons. The van der Waals surface area contributed by atoms with Crippen molar-refractivity contribution in [3.63, 3.8) is 0 Å². The molecule has 1 fully saturated rings. The van der Waals surface area contributed by atoms with E-state index in [2.05, 4.69) is 0 Å². The number of piperazine rings is 1. The van der Waals surface area contributed by atoms with Gasteiger partial charge in [0.1, 0.15) is 0 Å². The van der Waals surface area contributed by atoms with Crippen molar-refractivity contribution in [3.8, 4) is 0 Å². The van der Waals surface area contributed by atoms with Crippen molar-refractivity contribution in [2.24, 2.45) is 5.73 Å². The number of aliphatic carboxylic acids is 1. The number of unbranched alkanes of at least 4 members (excludes halogenated alkanes) is 1. The number of carbonyl (C=O) groups is 2. The van der Waals surface area contributed by atoms with Crippen LogP contribution in [0.3, 0.4) is 0 Å². The number of amides is 1. The first kappa shape index (κ1) is 14.7. The molecule has 1 rings (SSSR count). The van der Waals surface area contributed by atoms with Crippen molar-refractivity contribution in [3.05, 3.63) is 0 Å². The lowest BCUT2D eigenvalue weighted by Crippen LogP contribution is -2.50. The molecular formula is C11H21N3O4. The molecule has 0 spiro atoms. The highest BCUT2D eigenvalue weighted by Gasteiger charge is 2.22. The van der Waals surface area contributed by atoms with Crippen LogP contribution in [0.25, 0.3) is 0 Å². The fourth-order valence-electron chi connectivity index (χ4n) is 1.78. The molecule has 7 nitrogen and oxygen atoms in total. The molecule has 0 bridgehead atoms. The summed E-state index contributed by atoms with van der Waals surface area (Å²) in [5.74, 6) is -0.840. The number of nitrogens with zero attached hydrogens (tertiary/aromatic N) is 2. The Morgan fingerprint density at radius 2 is 1.83 bits per heavy atom. The van der Waals surface area contributed by atoms with Crippen LogP contribution in [-0.2, 0) is 9.53 Å². The second kappa shape index (κ2) is 7.88. The van der Waals surface area contributed by atoms with Gasteiger partial charge in [-0.05, 0) is 19.4 Å². The van der Waals surface area contributed by atoms with Gasteiger partial charge in [0, 0.05) is 26.2 Å². The molecule has 0 saturated carbocycles. The number of nitrogens with two attached hydrogens (primary N) is 1. The highest BCUT2D eigenvalue weighted by atomic mass is 16.6. The number of carboxylic acids is 1. The van der Waals surface area contributed by atoms with E-state index in [1.54, 1.807) is 9.80 Å². The maximum atomic E-state index is 11.6. The highest BCUT2D eigenvalue weighted by Crippen LogP contribution is 2.04. The molecule has 0 aromatic carbocycles. The Labute approximate surface area is 106 Å². The van der Waals surface area contributed by atoms with Crippen LogP contribution in [-0.4, -0.2) is 72.8 Å². The molecule has 1 amide bonds. The third-order valence-electron chi connectivity index (χ3n) is 2.81. The van der Waals surface area contributed by atoms with E-state index < -0.39 is 5.97 Å². The second-order valence-electron chi connectivity index (χ2n) is 4.27. The monoisotopic (exact) mass is 259 g/mol. The average molecular weight is 259 g/mol. The number of rotatable bonds is 6. The van der Waals surface area contributed by atoms with E-state index in [0.29, 0.717) is 39.3 Å². The van der Waals surface area contributed by atoms with Crippen LogP contribution < -0.4 is 5.73 Å². The average Bonchev–Trinajstić information content (AvgIpc) is 2.34. The van der Waals surface area contributed by atoms with E-state index in [1.807, 2.05) is 0 Å². The Morgan fingerprint density at radius 1 is 1.17 bits per heavy atom. The van der Waals surface area contributed by atoms with E-state index >= 15 is 0 Å². The smallest absolute Gasteiger partial charge is 0.409 e. The molecule has 0 unspecified atom stereocenters. The predicted molar refractivity (Wildman–Crippen MR) is 65.3 cm³/mol. The molecule has 0 atom stereocenters. The largest absolute Gasteiger partial charge is 0.480 e. The lowest BCUT2D eigenvalue weighted by molar-refractivity contribution is -0.138. The van der Waals surface area contributed by atoms with Crippen molar-refractivity contribution < 1.29 is 19.4 Å². The predicted octanol–water partition coefficient (Wildman–Crippen LogP) is -0.436. The van der Waals surface area contributed by atoms with Crippen LogP contribution in [0.4, 0.5) is 4.79 Å². The van der Waals surface area contributed by atoms with Crippen LogP contribution in [0.5, 0.6) is 0 Å². The normalized spacial score (nSPS) is 16.6. The zero-order chi connectivity index (χ0) is 13.4. The van der Waals surface area contributed by atoms with Crippen LogP contribution >= 0.6 is 0 Å². The zero-order valence-electron chi connectivity index (χ0n) is 10.5. The van der Waals surface area contributed by atoms with Crippen molar-refractivity contribution in [2.45, 2.75) is 12.8 Å². The quantitative estimate of drug-likeness (QED) is 0.628. The molecule has 7 heteroatoms. The van der Waals surface area contributed by atoms with Gasteiger partial charge in [-0.2, -0.15) is 0 Å². The zero-order valence-corrected chi connectivity index (χ0v) is 10.5. The Hall–Kier alpha value is -1.34. The summed E-state index contributed by atoms with van der Waals surface area (Å²) in [5.41, 5.74) is 5.34. The van der Waals surface area contributed by atoms with Gasteiger partial charge >= 0.3 is 12.1 Å². The summed E-state index contributed by atoms with van der Waals surface area (Å²) in [6, 6.07) is 0. The van der Waals surface area contributed by atoms with Crippen LogP contribution in [0.2, 0.25) is 0 Å². The molecule has 1 heterocycles. The van der Waals surface area contributed by atoms with Crippen molar-refractivity contribution >= 4 is 12.1 Å². The Morgan fingerprint density at radius 3 is 2.39 bits per heavy atom. The summed E-state index contributed by atoms with van der Waals surface area (Å²) in [7, 11) is 0. The molecule has 104 valence electrons. The first-order chi connectivity index (χ1) is 8.63. The first-order valence-electron chi connectivity index (χ1n) is 6.19. The van der Waals surface area contributed by atoms with E-state index in [0.717, 1.165) is 12.8 Å². The maximum absolute atomic E-state index is 11.6. The Kier molecular flexibility index (Phi) is 6.45. The number of hydrogen-bond donors (Lipinski definition) is 2. The van der Waals surface area contributed by atoms with Gasteiger partial charge in [-0.3, -0.25) is 9.69 Å². The molecular weight excluding hydrogens is 238 g/mol. The minimum absolute atomic E-state index is 0.0272. The standard InChI is InChI=1S/C11H21N3O4/c12-3-1-2-8-18-11(17)14-6-4-13(5-7-14)9-10(15)16/h1-9,12H2,(H,15,16). The fraction of sp³-hybridized carbons (Fsp3) is 0.818. The Balaban J connectivity index is 2.17. The number of carbonyl (C=O) groups excluding carboxylic acids is 1. The summed E-state index contributed by atoms with van der Waals surface area (Å²) in [4.78, 5) is 25.6. The van der Waals surface area contributed by atoms with Gasteiger partial charge in [-0.15, -0.1) is 0 Å². The van der Waals surface area contributed by atoms with Gasteiger partial charge in [-0.25, -0.2) is 4.79 Å². The van der Waals surface area contributed by atoms with Crippen LogP contribution in [0, 0.1) is 0 Å². The minimum Gasteiger partial charge on any atom is -0.480 e. The third-order valence-corrected chi connectivity index (χ3v) is 2.81. The van der Waals surface area contributed by atoms with Gasteiger partial charge in [0.15, 0.2) is 0 Å². The van der Waals surface area contributed by atoms with E-state index in [-0.39, 0.29) is 12.6 Å². The summed E-state index contributed by atoms with van der Waals surface area (Å²) >= 11 is 0. The summed E-state index contributed by atoms with van der Waals surface area (Å²) < 4.78 is 5.10. The van der Waals surface area contributed by atoms with Crippen molar-refractivity contribution in [1.29, 1.82) is 0 Å². The number of carboxylic acid groups (broad SMARTS) is 1. The number of ether oxygens (including phenoxy) is 1. The van der Waals surface area contributed by atoms with Gasteiger partial charge in [0.25, 0.3) is 0 Å². The second-order valence-corrected chi connectivity index (χ2v) is 4.27. The molecule has 0 aromatic rings. The van der Waals surface area contributed by atoms with Crippen molar-refractivity contribution in [1.82, 2.24) is 9.80 Å². The summed E-state index contributed by atoms with van der Waals surface area (Å²) in [5, 5.41) is 8.65. The lowest BCUT2D eigenvalue weighted by Gasteiger charge is -2.33. The SMILES string of the molecule is NCCCCOC(=O)N1CCN(CC(=O)O)CC1. The molecule has 1 aliphatic heterocycles. The summed E-state index contributed by atoms with van der Waals surface area (Å²) in [6.07, 6.45) is 1.31. The highest BCUT2D eigenvalue weighted by molar-refractivity contribution is 5.69. The molecule has 1 saturated heterocycles. The topological polar surface area (TPSA) is 96.1 Å². The van der Waals surface area contributed by atoms with Gasteiger partial charge in [-0.1, -0.05) is 0 Å². The van der Waals surface area contributed by atoms with E-state index in [1.165, 1.54) is 0 Å². The minimum atomic E-state index is -0.840. The van der Waals surface area contributed by atoms with Crippen LogP contribution in [0.1, 0.15) is 12.8 Å². The Bertz CT molecular complexity index is 277. The molecule has 1 aliphatic rings. The molecule has 3 N–H and O–H groups in total. The fourth-order valence-corrected chi connectivity index (χ4v) is 1.78. The molecule has 0 aromatic heterocycles. The lowest BCUT2D eigenvalue weighted by atomic mass is 10.3. The van der Waals surface area contributed by atoms with Gasteiger partial charge in [0.2, 0.25) is 0 Å². The number of hydrogen-bond acceptors (Lipinski definition) is 5. The molecule has 0 aliphatic carbocycles.